The predicted octanol–water partition coefficient (Wildman–Crippen LogP) is 2.70. The molecule has 0 aliphatic carbocycles. The van der Waals surface area contributed by atoms with Crippen LogP contribution in [0.5, 0.6) is 0 Å². The molecule has 0 N–H and O–H groups in total. The zero-order valence-electron chi connectivity index (χ0n) is 11.5. The Balaban J connectivity index is 1.67. The van der Waals surface area contributed by atoms with E-state index in [2.05, 4.69) is 15.2 Å². The number of hydrogen-bond donors (Lipinski definition) is 0. The van der Waals surface area contributed by atoms with E-state index in [4.69, 9.17) is 9.26 Å². The highest BCUT2D eigenvalue weighted by atomic mass is 32.1. The van der Waals surface area contributed by atoms with Gasteiger partial charge < -0.3 is 9.26 Å². The van der Waals surface area contributed by atoms with Gasteiger partial charge in [-0.25, -0.2) is 0 Å². The predicted molar refractivity (Wildman–Crippen MR) is 78.0 cm³/mol. The van der Waals surface area contributed by atoms with Gasteiger partial charge >= 0.3 is 0 Å². The third-order valence-corrected chi connectivity index (χ3v) is 4.50. The van der Waals surface area contributed by atoms with Crippen molar-refractivity contribution in [2.24, 2.45) is 7.05 Å². The van der Waals surface area contributed by atoms with Crippen LogP contribution >= 0.6 is 11.3 Å². The summed E-state index contributed by atoms with van der Waals surface area (Å²) in [6.45, 7) is 1.44. The van der Waals surface area contributed by atoms with E-state index >= 15 is 0 Å². The average molecular weight is 302 g/mol. The summed E-state index contributed by atoms with van der Waals surface area (Å²) >= 11 is 1.66. The van der Waals surface area contributed by atoms with E-state index in [0.717, 1.165) is 35.1 Å². The highest BCUT2D eigenvalue weighted by molar-refractivity contribution is 7.13. The number of ether oxygens (including phenoxy) is 1. The Kier molecular flexibility index (Phi) is 3.08. The molecule has 0 spiro atoms. The van der Waals surface area contributed by atoms with Crippen molar-refractivity contribution in [1.29, 1.82) is 0 Å². The third kappa shape index (κ3) is 2.28. The lowest BCUT2D eigenvalue weighted by atomic mass is 10.1. The molecule has 4 heterocycles. The topological polar surface area (TPSA) is 66.0 Å². The van der Waals surface area contributed by atoms with Gasteiger partial charge in [0, 0.05) is 19.6 Å². The highest BCUT2D eigenvalue weighted by Gasteiger charge is 2.24. The number of thiophene rings is 1. The minimum absolute atomic E-state index is 0.243. The number of nitrogens with zero attached hydrogens (tertiary/aromatic N) is 4. The molecule has 108 valence electrons. The van der Waals surface area contributed by atoms with Gasteiger partial charge in [0.1, 0.15) is 11.4 Å². The Morgan fingerprint density at radius 3 is 3.14 bits per heavy atom. The molecule has 3 aromatic heterocycles. The van der Waals surface area contributed by atoms with Crippen LogP contribution in [-0.4, -0.2) is 33.1 Å². The molecule has 0 bridgehead atoms. The molecular formula is C14H14N4O2S. The summed E-state index contributed by atoms with van der Waals surface area (Å²) in [5.74, 6) is 1.48. The number of aromatic nitrogens is 4. The second kappa shape index (κ2) is 5.09. The first kappa shape index (κ1) is 12.7. The molecule has 1 fully saturated rings. The Hall–Kier alpha value is -1.99. The van der Waals surface area contributed by atoms with Crippen molar-refractivity contribution >= 4 is 11.3 Å². The van der Waals surface area contributed by atoms with Gasteiger partial charge in [0.05, 0.1) is 11.5 Å². The Morgan fingerprint density at radius 1 is 1.43 bits per heavy atom. The molecule has 0 unspecified atom stereocenters. The maximum absolute atomic E-state index is 5.40. The van der Waals surface area contributed by atoms with E-state index < -0.39 is 0 Å². The van der Waals surface area contributed by atoms with E-state index in [1.54, 1.807) is 16.0 Å². The van der Waals surface area contributed by atoms with Gasteiger partial charge in [-0.1, -0.05) is 11.2 Å². The second-order valence-electron chi connectivity index (χ2n) is 5.03. The molecular weight excluding hydrogens is 288 g/mol. The van der Waals surface area contributed by atoms with Crippen LogP contribution in [-0.2, 0) is 11.8 Å². The lowest BCUT2D eigenvalue weighted by Crippen LogP contribution is -2.00. The molecule has 4 rings (SSSR count). The van der Waals surface area contributed by atoms with Crippen molar-refractivity contribution in [3.8, 4) is 22.2 Å². The first-order chi connectivity index (χ1) is 10.3. The summed E-state index contributed by atoms with van der Waals surface area (Å²) in [7, 11) is 1.88. The van der Waals surface area contributed by atoms with Gasteiger partial charge in [-0.15, -0.1) is 11.3 Å². The van der Waals surface area contributed by atoms with E-state index in [1.165, 1.54) is 0 Å². The van der Waals surface area contributed by atoms with Crippen molar-refractivity contribution in [2.75, 3.05) is 13.2 Å². The maximum Gasteiger partial charge on any atom is 0.276 e. The first-order valence-electron chi connectivity index (χ1n) is 6.81. The standard InChI is InChI=1S/C14H14N4O2S/c1-18-11(7-10(16-18)12-3-2-6-21-12)14-15-13(17-20-14)9-4-5-19-8-9/h2-3,6-7,9H,4-5,8H2,1H3/t9-/m1/s1. The van der Waals surface area contributed by atoms with Crippen molar-refractivity contribution in [2.45, 2.75) is 12.3 Å². The lowest BCUT2D eigenvalue weighted by molar-refractivity contribution is 0.192. The van der Waals surface area contributed by atoms with E-state index in [1.807, 2.05) is 30.6 Å². The molecule has 7 heteroatoms. The highest BCUT2D eigenvalue weighted by Crippen LogP contribution is 2.29. The number of hydrogen-bond acceptors (Lipinski definition) is 6. The average Bonchev–Trinajstić information content (AvgIpc) is 3.26. The summed E-state index contributed by atoms with van der Waals surface area (Å²) in [4.78, 5) is 5.63. The Morgan fingerprint density at radius 2 is 2.38 bits per heavy atom. The summed E-state index contributed by atoms with van der Waals surface area (Å²) in [6, 6.07) is 6.04. The van der Waals surface area contributed by atoms with Crippen molar-refractivity contribution in [1.82, 2.24) is 19.9 Å². The van der Waals surface area contributed by atoms with E-state index in [9.17, 15) is 0 Å². The van der Waals surface area contributed by atoms with Crippen LogP contribution in [0.15, 0.2) is 28.1 Å². The van der Waals surface area contributed by atoms with Gasteiger partial charge in [-0.2, -0.15) is 10.1 Å². The smallest absolute Gasteiger partial charge is 0.276 e. The monoisotopic (exact) mass is 302 g/mol. The molecule has 21 heavy (non-hydrogen) atoms. The van der Waals surface area contributed by atoms with Gasteiger partial charge in [-0.05, 0) is 23.9 Å². The molecule has 3 aromatic rings. The third-order valence-electron chi connectivity index (χ3n) is 3.61. The van der Waals surface area contributed by atoms with E-state index in [-0.39, 0.29) is 5.92 Å². The van der Waals surface area contributed by atoms with Gasteiger partial charge in [-0.3, -0.25) is 4.68 Å². The fraction of sp³-hybridized carbons (Fsp3) is 0.357. The van der Waals surface area contributed by atoms with Crippen LogP contribution in [0.2, 0.25) is 0 Å². The van der Waals surface area contributed by atoms with Gasteiger partial charge in [0.2, 0.25) is 0 Å². The second-order valence-corrected chi connectivity index (χ2v) is 5.98. The molecule has 1 aliphatic rings. The quantitative estimate of drug-likeness (QED) is 0.744. The van der Waals surface area contributed by atoms with E-state index in [0.29, 0.717) is 12.5 Å². The van der Waals surface area contributed by atoms with Crippen LogP contribution in [0, 0.1) is 0 Å². The van der Waals surface area contributed by atoms with Crippen LogP contribution in [0.25, 0.3) is 22.2 Å². The Labute approximate surface area is 125 Å². The molecule has 1 saturated heterocycles. The summed E-state index contributed by atoms with van der Waals surface area (Å²) in [6.07, 6.45) is 0.949. The van der Waals surface area contributed by atoms with Crippen molar-refractivity contribution in [3.63, 3.8) is 0 Å². The number of aryl methyl sites for hydroxylation is 1. The van der Waals surface area contributed by atoms with Crippen molar-refractivity contribution < 1.29 is 9.26 Å². The van der Waals surface area contributed by atoms with Crippen molar-refractivity contribution in [3.05, 3.63) is 29.4 Å². The normalized spacial score (nSPS) is 18.4. The SMILES string of the molecule is Cn1nc(-c2cccs2)cc1-c1nc([C@@H]2CCOC2)no1. The maximum atomic E-state index is 5.40. The first-order valence-corrected chi connectivity index (χ1v) is 7.69. The van der Waals surface area contributed by atoms with Crippen LogP contribution in [0.1, 0.15) is 18.2 Å². The molecule has 1 aliphatic heterocycles. The minimum Gasteiger partial charge on any atom is -0.381 e. The Bertz CT molecular complexity index is 741. The summed E-state index contributed by atoms with van der Waals surface area (Å²) in [5, 5.41) is 10.6. The molecule has 6 nitrogen and oxygen atoms in total. The minimum atomic E-state index is 0.243. The molecule has 1 atom stereocenters. The fourth-order valence-corrected chi connectivity index (χ4v) is 3.14. The van der Waals surface area contributed by atoms with Crippen LogP contribution in [0.3, 0.4) is 0 Å². The van der Waals surface area contributed by atoms with Gasteiger partial charge in [0.15, 0.2) is 5.82 Å². The lowest BCUT2D eigenvalue weighted by Gasteiger charge is -1.97. The molecule has 0 saturated carbocycles. The zero-order valence-corrected chi connectivity index (χ0v) is 12.3. The van der Waals surface area contributed by atoms with Crippen LogP contribution < -0.4 is 0 Å². The largest absolute Gasteiger partial charge is 0.381 e. The molecule has 0 amide bonds. The van der Waals surface area contributed by atoms with Gasteiger partial charge in [0.25, 0.3) is 5.89 Å². The zero-order chi connectivity index (χ0) is 14.2. The summed E-state index contributed by atoms with van der Waals surface area (Å²) < 4.78 is 12.5. The molecule has 0 radical (unpaired) electrons. The summed E-state index contributed by atoms with van der Waals surface area (Å²) in [5.41, 5.74) is 1.75. The van der Waals surface area contributed by atoms with Crippen LogP contribution in [0.4, 0.5) is 0 Å². The fourth-order valence-electron chi connectivity index (χ4n) is 2.46. The molecule has 0 aromatic carbocycles. The number of rotatable bonds is 3.